The van der Waals surface area contributed by atoms with E-state index < -0.39 is 0 Å². The smallest absolute Gasteiger partial charge is 0.0408 e. The topological polar surface area (TPSA) is 12.0 Å². The normalized spacial score (nSPS) is 17.8. The van der Waals surface area contributed by atoms with Crippen LogP contribution in [-0.2, 0) is 6.42 Å². The predicted octanol–water partition coefficient (Wildman–Crippen LogP) is 5.32. The Balaban J connectivity index is 1.84. The molecule has 0 aromatic heterocycles. The molecule has 1 unspecified atom stereocenters. The van der Waals surface area contributed by atoms with E-state index in [1.54, 1.807) is 0 Å². The van der Waals surface area contributed by atoms with Crippen molar-refractivity contribution in [3.63, 3.8) is 0 Å². The molecular formula is C18H28ClNS. The largest absolute Gasteiger partial charge is 0.313 e. The van der Waals surface area contributed by atoms with Crippen LogP contribution in [0.25, 0.3) is 0 Å². The number of hydrogen-bond donors (Lipinski definition) is 1. The van der Waals surface area contributed by atoms with Gasteiger partial charge < -0.3 is 5.32 Å². The lowest BCUT2D eigenvalue weighted by Gasteiger charge is -2.25. The maximum atomic E-state index is 6.11. The van der Waals surface area contributed by atoms with Crippen molar-refractivity contribution in [2.75, 3.05) is 12.3 Å². The van der Waals surface area contributed by atoms with Gasteiger partial charge in [0.25, 0.3) is 0 Å². The van der Waals surface area contributed by atoms with Crippen molar-refractivity contribution < 1.29 is 0 Å². The second-order valence-electron chi connectivity index (χ2n) is 6.08. The van der Waals surface area contributed by atoms with Gasteiger partial charge in [0.05, 0.1) is 0 Å². The van der Waals surface area contributed by atoms with Gasteiger partial charge in [0.2, 0.25) is 0 Å². The molecule has 1 aromatic carbocycles. The van der Waals surface area contributed by atoms with Crippen LogP contribution in [0.15, 0.2) is 24.3 Å². The zero-order valence-electron chi connectivity index (χ0n) is 13.1. The van der Waals surface area contributed by atoms with E-state index in [0.29, 0.717) is 6.04 Å². The monoisotopic (exact) mass is 325 g/mol. The summed E-state index contributed by atoms with van der Waals surface area (Å²) >= 11 is 8.29. The van der Waals surface area contributed by atoms with E-state index in [0.717, 1.165) is 23.2 Å². The van der Waals surface area contributed by atoms with Gasteiger partial charge in [-0.2, -0.15) is 11.8 Å². The molecule has 1 fully saturated rings. The number of rotatable bonds is 8. The summed E-state index contributed by atoms with van der Waals surface area (Å²) in [5, 5.41) is 5.45. The Morgan fingerprint density at radius 1 is 1.29 bits per heavy atom. The van der Waals surface area contributed by atoms with Gasteiger partial charge in [-0.3, -0.25) is 0 Å². The second-order valence-corrected chi connectivity index (χ2v) is 7.85. The highest BCUT2D eigenvalue weighted by molar-refractivity contribution is 7.99. The van der Waals surface area contributed by atoms with Crippen molar-refractivity contribution >= 4 is 23.4 Å². The number of thioether (sulfide) groups is 1. The molecule has 0 bridgehead atoms. The zero-order chi connectivity index (χ0) is 14.9. The second kappa shape index (κ2) is 9.76. The molecule has 1 saturated carbocycles. The summed E-state index contributed by atoms with van der Waals surface area (Å²) in [6.45, 7) is 3.34. The Morgan fingerprint density at radius 2 is 2.10 bits per heavy atom. The van der Waals surface area contributed by atoms with Crippen LogP contribution in [0.4, 0.5) is 0 Å². The summed E-state index contributed by atoms with van der Waals surface area (Å²) in [5.41, 5.74) is 1.35. The minimum Gasteiger partial charge on any atom is -0.313 e. The van der Waals surface area contributed by atoms with Crippen LogP contribution in [-0.4, -0.2) is 23.6 Å². The van der Waals surface area contributed by atoms with Crippen molar-refractivity contribution in [1.82, 2.24) is 5.32 Å². The highest BCUT2D eigenvalue weighted by Gasteiger charge is 2.16. The summed E-state index contributed by atoms with van der Waals surface area (Å²) in [4.78, 5) is 0. The van der Waals surface area contributed by atoms with Gasteiger partial charge in [0, 0.05) is 22.1 Å². The van der Waals surface area contributed by atoms with Crippen LogP contribution in [0.1, 0.15) is 51.0 Å². The predicted molar refractivity (Wildman–Crippen MR) is 96.6 cm³/mol. The Labute approximate surface area is 139 Å². The first-order chi connectivity index (χ1) is 10.3. The third kappa shape index (κ3) is 6.63. The molecule has 1 aromatic rings. The fourth-order valence-electron chi connectivity index (χ4n) is 2.97. The Morgan fingerprint density at radius 3 is 2.81 bits per heavy atom. The molecule has 3 heteroatoms. The van der Waals surface area contributed by atoms with E-state index in [1.807, 2.05) is 6.07 Å². The molecule has 0 saturated heterocycles. The molecule has 118 valence electrons. The van der Waals surface area contributed by atoms with Gasteiger partial charge in [0.15, 0.2) is 0 Å². The molecule has 2 rings (SSSR count). The third-order valence-electron chi connectivity index (χ3n) is 4.14. The van der Waals surface area contributed by atoms with Crippen molar-refractivity contribution in [1.29, 1.82) is 0 Å². The summed E-state index contributed by atoms with van der Waals surface area (Å²) in [6, 6.07) is 8.88. The molecule has 1 atom stereocenters. The molecule has 0 heterocycles. The Hall–Kier alpha value is -0.180. The molecule has 0 amide bonds. The lowest BCUT2D eigenvalue weighted by atomic mass is 10.0. The number of nitrogens with one attached hydrogen (secondary N) is 1. The number of benzene rings is 1. The molecule has 1 N–H and O–H groups in total. The Bertz CT molecular complexity index is 404. The average molecular weight is 326 g/mol. The highest BCUT2D eigenvalue weighted by atomic mass is 35.5. The van der Waals surface area contributed by atoms with Crippen LogP contribution in [0, 0.1) is 0 Å². The average Bonchev–Trinajstić information content (AvgIpc) is 2.51. The number of hydrogen-bond acceptors (Lipinski definition) is 2. The zero-order valence-corrected chi connectivity index (χ0v) is 14.7. The van der Waals surface area contributed by atoms with Crippen LogP contribution < -0.4 is 5.32 Å². The number of halogens is 1. The summed E-state index contributed by atoms with van der Waals surface area (Å²) in [6.07, 6.45) is 9.42. The first-order valence-electron chi connectivity index (χ1n) is 8.37. The molecule has 1 aliphatic rings. The lowest BCUT2D eigenvalue weighted by molar-refractivity contribution is 0.511. The van der Waals surface area contributed by atoms with E-state index in [-0.39, 0.29) is 0 Å². The van der Waals surface area contributed by atoms with Crippen molar-refractivity contribution in [2.45, 2.75) is 63.2 Å². The lowest BCUT2D eigenvalue weighted by Crippen LogP contribution is -2.34. The molecular weight excluding hydrogens is 298 g/mol. The fourth-order valence-corrected chi connectivity index (χ4v) is 4.59. The molecule has 21 heavy (non-hydrogen) atoms. The molecule has 0 radical (unpaired) electrons. The minimum atomic E-state index is 0.565. The van der Waals surface area contributed by atoms with Gasteiger partial charge in [-0.05, 0) is 49.9 Å². The van der Waals surface area contributed by atoms with Crippen molar-refractivity contribution in [3.05, 3.63) is 34.9 Å². The molecule has 1 nitrogen and oxygen atoms in total. The van der Waals surface area contributed by atoms with Gasteiger partial charge >= 0.3 is 0 Å². The first-order valence-corrected chi connectivity index (χ1v) is 9.80. The Kier molecular flexibility index (Phi) is 7.98. The van der Waals surface area contributed by atoms with Crippen molar-refractivity contribution in [2.24, 2.45) is 0 Å². The maximum Gasteiger partial charge on any atom is 0.0408 e. The summed E-state index contributed by atoms with van der Waals surface area (Å²) < 4.78 is 0. The quantitative estimate of drug-likeness (QED) is 0.694. The van der Waals surface area contributed by atoms with Gasteiger partial charge in [-0.15, -0.1) is 0 Å². The van der Waals surface area contributed by atoms with Gasteiger partial charge in [-0.25, -0.2) is 0 Å². The van der Waals surface area contributed by atoms with Crippen LogP contribution in [0.3, 0.4) is 0 Å². The molecule has 0 spiro atoms. The van der Waals surface area contributed by atoms with Crippen LogP contribution in [0.5, 0.6) is 0 Å². The minimum absolute atomic E-state index is 0.565. The van der Waals surface area contributed by atoms with Crippen molar-refractivity contribution in [3.8, 4) is 0 Å². The van der Waals surface area contributed by atoms with E-state index in [9.17, 15) is 0 Å². The fraction of sp³-hybridized carbons (Fsp3) is 0.667. The van der Waals surface area contributed by atoms with Gasteiger partial charge in [-0.1, -0.05) is 49.9 Å². The summed E-state index contributed by atoms with van der Waals surface area (Å²) in [5.74, 6) is 1.22. The molecule has 1 aliphatic carbocycles. The first kappa shape index (κ1) is 17.2. The van der Waals surface area contributed by atoms with Crippen LogP contribution in [0.2, 0.25) is 5.02 Å². The SMILES string of the molecule is CCCNC(CSC1CCCCC1)Cc1cccc(Cl)c1. The van der Waals surface area contributed by atoms with E-state index >= 15 is 0 Å². The highest BCUT2D eigenvalue weighted by Crippen LogP contribution is 2.29. The summed E-state index contributed by atoms with van der Waals surface area (Å²) in [7, 11) is 0. The van der Waals surface area contributed by atoms with E-state index in [1.165, 1.54) is 49.8 Å². The van der Waals surface area contributed by atoms with E-state index in [2.05, 4.69) is 42.2 Å². The maximum absolute atomic E-state index is 6.11. The molecule has 0 aliphatic heterocycles. The van der Waals surface area contributed by atoms with Crippen LogP contribution >= 0.6 is 23.4 Å². The van der Waals surface area contributed by atoms with Gasteiger partial charge in [0.1, 0.15) is 0 Å². The van der Waals surface area contributed by atoms with E-state index in [4.69, 9.17) is 11.6 Å². The third-order valence-corrected chi connectivity index (χ3v) is 5.91. The standard InChI is InChI=1S/C18H28ClNS/c1-2-11-20-17(13-15-7-6-8-16(19)12-15)14-21-18-9-4-3-5-10-18/h6-8,12,17-18,20H,2-5,9-11,13-14H2,1H3.